The monoisotopic (exact) mass is 295 g/mol. The fraction of sp³-hybridized carbons (Fsp3) is 0.167. The second-order valence-electron chi connectivity index (χ2n) is 4.33. The lowest BCUT2D eigenvalue weighted by molar-refractivity contribution is -0.142. The zero-order valence-electron chi connectivity index (χ0n) is 10.4. The number of halogens is 3. The van der Waals surface area contributed by atoms with Gasteiger partial charge in [0.25, 0.3) is 5.91 Å². The molecule has 3 rings (SSSR count). The topological polar surface area (TPSA) is 86.2 Å². The molecule has 21 heavy (non-hydrogen) atoms. The van der Waals surface area contributed by atoms with Gasteiger partial charge in [-0.1, -0.05) is 0 Å². The minimum Gasteiger partial charge on any atom is -0.364 e. The van der Waals surface area contributed by atoms with Crippen molar-refractivity contribution in [1.29, 1.82) is 0 Å². The number of nitrogens with zero attached hydrogens (tertiary/aromatic N) is 4. The molecule has 9 heteroatoms. The van der Waals surface area contributed by atoms with Gasteiger partial charge in [-0.3, -0.25) is 19.3 Å². The molecule has 2 aromatic heterocycles. The average Bonchev–Trinajstić information content (AvgIpc) is 2.71. The second-order valence-corrected chi connectivity index (χ2v) is 4.33. The number of nitrogens with two attached hydrogens (primary N) is 1. The molecule has 0 fully saturated rings. The Hall–Kier alpha value is -2.71. The van der Waals surface area contributed by atoms with Crippen LogP contribution in [0.5, 0.6) is 0 Å². The molecule has 0 atom stereocenters. The van der Waals surface area contributed by atoms with Gasteiger partial charge in [0, 0.05) is 18.0 Å². The van der Waals surface area contributed by atoms with Crippen molar-refractivity contribution in [2.24, 2.45) is 10.7 Å². The number of hydrogen-bond acceptors (Lipinski definition) is 4. The number of amides is 1. The minimum atomic E-state index is -4.78. The van der Waals surface area contributed by atoms with Gasteiger partial charge in [-0.05, 0) is 6.07 Å². The molecule has 1 aliphatic rings. The normalized spacial score (nSPS) is 13.5. The van der Waals surface area contributed by atoms with Crippen LogP contribution in [0.25, 0.3) is 5.69 Å². The van der Waals surface area contributed by atoms with Crippen LogP contribution in [0.15, 0.2) is 23.5 Å². The number of pyridine rings is 1. The number of hydrogen-bond donors (Lipinski definition) is 1. The number of aromatic nitrogens is 3. The van der Waals surface area contributed by atoms with Crippen LogP contribution < -0.4 is 5.73 Å². The summed E-state index contributed by atoms with van der Waals surface area (Å²) in [7, 11) is 0. The number of carbonyl (C=O) groups excluding carboxylic acids is 1. The number of primary amides is 1. The van der Waals surface area contributed by atoms with Gasteiger partial charge in [-0.15, -0.1) is 0 Å². The van der Waals surface area contributed by atoms with Crippen LogP contribution in [-0.2, 0) is 12.7 Å². The lowest BCUT2D eigenvalue weighted by Crippen LogP contribution is -2.21. The molecule has 2 aromatic rings. The lowest BCUT2D eigenvalue weighted by atomic mass is 10.2. The quantitative estimate of drug-likeness (QED) is 0.860. The fourth-order valence-corrected chi connectivity index (χ4v) is 2.18. The van der Waals surface area contributed by atoms with Crippen molar-refractivity contribution in [3.63, 3.8) is 0 Å². The maximum absolute atomic E-state index is 13.3. The van der Waals surface area contributed by atoms with Crippen molar-refractivity contribution in [2.45, 2.75) is 12.7 Å². The Morgan fingerprint density at radius 1 is 1.38 bits per heavy atom. The number of imidazole rings is 1. The van der Waals surface area contributed by atoms with E-state index in [1.54, 1.807) is 0 Å². The van der Waals surface area contributed by atoms with E-state index in [1.165, 1.54) is 24.7 Å². The molecule has 0 aromatic carbocycles. The van der Waals surface area contributed by atoms with Gasteiger partial charge in [0.05, 0.1) is 18.4 Å². The third-order valence-corrected chi connectivity index (χ3v) is 2.99. The summed E-state index contributed by atoms with van der Waals surface area (Å²) in [6.07, 6.45) is -0.643. The Kier molecular flexibility index (Phi) is 2.78. The predicted molar refractivity (Wildman–Crippen MR) is 66.2 cm³/mol. The van der Waals surface area contributed by atoms with Crippen molar-refractivity contribution in [1.82, 2.24) is 14.5 Å². The average molecular weight is 295 g/mol. The van der Waals surface area contributed by atoms with Crippen molar-refractivity contribution in [3.05, 3.63) is 41.2 Å². The van der Waals surface area contributed by atoms with Crippen molar-refractivity contribution in [2.75, 3.05) is 0 Å². The van der Waals surface area contributed by atoms with E-state index >= 15 is 0 Å². The maximum Gasteiger partial charge on any atom is 0.434 e. The van der Waals surface area contributed by atoms with E-state index in [4.69, 9.17) is 5.73 Å². The Balaban J connectivity index is 2.40. The van der Waals surface area contributed by atoms with Crippen LogP contribution >= 0.6 is 0 Å². The summed E-state index contributed by atoms with van der Waals surface area (Å²) in [6, 6.07) is 1.53. The van der Waals surface area contributed by atoms with Crippen LogP contribution in [0.1, 0.15) is 27.6 Å². The highest BCUT2D eigenvalue weighted by atomic mass is 19.4. The SMILES string of the molecule is NC(=O)c1nc2n(c1C(F)(F)F)-c1cnccc1C=NC2. The van der Waals surface area contributed by atoms with Crippen molar-refractivity contribution in [3.8, 4) is 5.69 Å². The summed E-state index contributed by atoms with van der Waals surface area (Å²) < 4.78 is 40.8. The summed E-state index contributed by atoms with van der Waals surface area (Å²) in [5.41, 5.74) is 3.59. The first-order valence-electron chi connectivity index (χ1n) is 5.82. The molecule has 108 valence electrons. The standard InChI is InChI=1S/C12H8F3N5O/c13-12(14,15)10-9(11(16)21)19-8-5-18-3-6-1-2-17-4-7(6)20(8)10/h1-4H,5H2,(H2,16,21). The van der Waals surface area contributed by atoms with Gasteiger partial charge in [0.2, 0.25) is 0 Å². The first-order chi connectivity index (χ1) is 9.89. The van der Waals surface area contributed by atoms with E-state index < -0.39 is 23.5 Å². The van der Waals surface area contributed by atoms with Crippen LogP contribution in [0.4, 0.5) is 13.2 Å². The van der Waals surface area contributed by atoms with E-state index in [0.717, 1.165) is 4.57 Å². The van der Waals surface area contributed by atoms with Crippen LogP contribution in [-0.4, -0.2) is 26.7 Å². The third-order valence-electron chi connectivity index (χ3n) is 2.99. The Morgan fingerprint density at radius 3 is 2.81 bits per heavy atom. The first-order valence-corrected chi connectivity index (χ1v) is 5.82. The second kappa shape index (κ2) is 4.40. The Labute approximate surface area is 116 Å². The number of fused-ring (bicyclic) bond motifs is 3. The molecule has 0 unspecified atom stereocenters. The van der Waals surface area contributed by atoms with Gasteiger partial charge in [-0.25, -0.2) is 4.98 Å². The highest BCUT2D eigenvalue weighted by molar-refractivity contribution is 5.93. The number of carbonyl (C=O) groups is 1. The number of aliphatic imine (C=N–C) groups is 1. The van der Waals surface area contributed by atoms with E-state index in [-0.39, 0.29) is 18.1 Å². The molecular weight excluding hydrogens is 287 g/mol. The number of alkyl halides is 3. The molecule has 0 spiro atoms. The zero-order valence-corrected chi connectivity index (χ0v) is 10.4. The van der Waals surface area contributed by atoms with Gasteiger partial charge >= 0.3 is 6.18 Å². The third kappa shape index (κ3) is 2.06. The Bertz CT molecular complexity index is 763. The van der Waals surface area contributed by atoms with E-state index in [1.807, 2.05) is 0 Å². The van der Waals surface area contributed by atoms with Gasteiger partial charge in [0.1, 0.15) is 5.82 Å². The molecule has 0 saturated heterocycles. The summed E-state index contributed by atoms with van der Waals surface area (Å²) in [4.78, 5) is 22.8. The zero-order chi connectivity index (χ0) is 15.2. The summed E-state index contributed by atoms with van der Waals surface area (Å²) in [5.74, 6) is -1.25. The smallest absolute Gasteiger partial charge is 0.364 e. The highest BCUT2D eigenvalue weighted by Gasteiger charge is 2.42. The molecule has 6 nitrogen and oxygen atoms in total. The predicted octanol–water partition coefficient (Wildman–Crippen LogP) is 1.32. The van der Waals surface area contributed by atoms with E-state index in [9.17, 15) is 18.0 Å². The molecule has 0 saturated carbocycles. The molecule has 0 aliphatic carbocycles. The van der Waals surface area contributed by atoms with Gasteiger partial charge in [0.15, 0.2) is 11.4 Å². The molecule has 1 aliphatic heterocycles. The molecule has 3 heterocycles. The van der Waals surface area contributed by atoms with Crippen molar-refractivity contribution >= 4 is 12.1 Å². The fourth-order valence-electron chi connectivity index (χ4n) is 2.18. The largest absolute Gasteiger partial charge is 0.434 e. The molecular formula is C12H8F3N5O. The van der Waals surface area contributed by atoms with Crippen molar-refractivity contribution < 1.29 is 18.0 Å². The van der Waals surface area contributed by atoms with Gasteiger partial charge < -0.3 is 5.73 Å². The van der Waals surface area contributed by atoms with Crippen LogP contribution in [0, 0.1) is 0 Å². The van der Waals surface area contributed by atoms with Gasteiger partial charge in [-0.2, -0.15) is 13.2 Å². The van der Waals surface area contributed by atoms with E-state index in [0.29, 0.717) is 5.56 Å². The lowest BCUT2D eigenvalue weighted by Gasteiger charge is -2.14. The van der Waals surface area contributed by atoms with E-state index in [2.05, 4.69) is 15.0 Å². The molecule has 0 radical (unpaired) electrons. The minimum absolute atomic E-state index is 0.0147. The maximum atomic E-state index is 13.3. The highest BCUT2D eigenvalue weighted by Crippen LogP contribution is 2.36. The molecule has 0 bridgehead atoms. The Morgan fingerprint density at radius 2 is 2.14 bits per heavy atom. The molecule has 2 N–H and O–H groups in total. The number of rotatable bonds is 1. The first kappa shape index (κ1) is 13.3. The summed E-state index contributed by atoms with van der Waals surface area (Å²) in [5, 5.41) is 0. The summed E-state index contributed by atoms with van der Waals surface area (Å²) in [6.45, 7) is -0.0922. The molecule has 1 amide bonds. The van der Waals surface area contributed by atoms with Crippen LogP contribution in [0.2, 0.25) is 0 Å². The van der Waals surface area contributed by atoms with Crippen LogP contribution in [0.3, 0.4) is 0 Å². The summed E-state index contributed by atoms with van der Waals surface area (Å²) >= 11 is 0.